The smallest absolute Gasteiger partial charge is 0.0601 e. The van der Waals surface area contributed by atoms with Gasteiger partial charge in [-0.25, -0.2) is 0 Å². The van der Waals surface area contributed by atoms with Crippen LogP contribution in [0.2, 0.25) is 0 Å². The van der Waals surface area contributed by atoms with Gasteiger partial charge in [-0.1, -0.05) is 27.2 Å². The minimum absolute atomic E-state index is 0.342. The van der Waals surface area contributed by atoms with Crippen LogP contribution in [0.25, 0.3) is 0 Å². The van der Waals surface area contributed by atoms with Crippen LogP contribution in [0.15, 0.2) is 0 Å². The maximum atomic E-state index is 5.71. The van der Waals surface area contributed by atoms with Crippen LogP contribution in [-0.4, -0.2) is 12.2 Å². The fourth-order valence-electron chi connectivity index (χ4n) is 1.11. The van der Waals surface area contributed by atoms with Crippen LogP contribution < -0.4 is 0 Å². The number of hydrogen-bond donors (Lipinski definition) is 0. The highest BCUT2D eigenvalue weighted by molar-refractivity contribution is 4.64. The van der Waals surface area contributed by atoms with Crippen LogP contribution in [0.4, 0.5) is 0 Å². The van der Waals surface area contributed by atoms with Gasteiger partial charge in [0.2, 0.25) is 0 Å². The van der Waals surface area contributed by atoms with Crippen LogP contribution >= 0.6 is 0 Å². The minimum atomic E-state index is 0.342. The van der Waals surface area contributed by atoms with E-state index in [9.17, 15) is 0 Å². The van der Waals surface area contributed by atoms with E-state index in [2.05, 4.69) is 34.6 Å². The Kier molecular flexibility index (Phi) is 5.57. The molecule has 0 saturated carbocycles. The first-order valence-corrected chi connectivity index (χ1v) is 4.52. The quantitative estimate of drug-likeness (QED) is 0.596. The van der Waals surface area contributed by atoms with Crippen LogP contribution in [0, 0.1) is 12.8 Å². The summed E-state index contributed by atoms with van der Waals surface area (Å²) in [5.41, 5.74) is 0. The van der Waals surface area contributed by atoms with Gasteiger partial charge >= 0.3 is 0 Å². The third-order valence-corrected chi connectivity index (χ3v) is 1.68. The molecule has 1 unspecified atom stereocenters. The van der Waals surface area contributed by atoms with E-state index in [-0.39, 0.29) is 0 Å². The lowest BCUT2D eigenvalue weighted by atomic mass is 10.0. The second-order valence-electron chi connectivity index (χ2n) is 3.61. The number of ether oxygens (including phenoxy) is 1. The van der Waals surface area contributed by atoms with E-state index in [0.717, 1.165) is 12.8 Å². The van der Waals surface area contributed by atoms with Crippen molar-refractivity contribution in [3.05, 3.63) is 6.92 Å². The summed E-state index contributed by atoms with van der Waals surface area (Å²) in [5, 5.41) is 0. The fourth-order valence-corrected chi connectivity index (χ4v) is 1.11. The van der Waals surface area contributed by atoms with E-state index in [1.54, 1.807) is 0 Å². The third kappa shape index (κ3) is 5.25. The van der Waals surface area contributed by atoms with Crippen molar-refractivity contribution in [1.82, 2.24) is 0 Å². The molecule has 1 heteroatoms. The summed E-state index contributed by atoms with van der Waals surface area (Å²) >= 11 is 0. The van der Waals surface area contributed by atoms with Gasteiger partial charge in [-0.3, -0.25) is 0 Å². The zero-order chi connectivity index (χ0) is 8.85. The Balaban J connectivity index is 3.69. The average Bonchev–Trinajstić information content (AvgIpc) is 1.86. The second-order valence-corrected chi connectivity index (χ2v) is 3.61. The summed E-state index contributed by atoms with van der Waals surface area (Å²) < 4.78 is 5.71. The molecule has 1 radical (unpaired) electrons. The summed E-state index contributed by atoms with van der Waals surface area (Å²) in [6, 6.07) is 0. The zero-order valence-electron chi connectivity index (χ0n) is 8.26. The first kappa shape index (κ1) is 11.0. The lowest BCUT2D eigenvalue weighted by Gasteiger charge is -2.23. The van der Waals surface area contributed by atoms with E-state index < -0.39 is 0 Å². The normalized spacial score (nSPS) is 14.5. The minimum Gasteiger partial charge on any atom is -0.375 e. The SMILES string of the molecule is [CH2]CCC(OC(C)C)C(C)C. The predicted molar refractivity (Wildman–Crippen MR) is 49.4 cm³/mol. The standard InChI is InChI=1S/C10H21O/c1-6-7-10(8(2)3)11-9(4)5/h8-10H,1,6-7H2,2-5H3. The van der Waals surface area contributed by atoms with Crippen molar-refractivity contribution in [2.45, 2.75) is 52.7 Å². The third-order valence-electron chi connectivity index (χ3n) is 1.68. The van der Waals surface area contributed by atoms with E-state index in [4.69, 9.17) is 4.74 Å². The Morgan fingerprint density at radius 1 is 1.18 bits per heavy atom. The first-order chi connectivity index (χ1) is 5.07. The molecule has 0 heterocycles. The van der Waals surface area contributed by atoms with Crippen molar-refractivity contribution in [3.63, 3.8) is 0 Å². The zero-order valence-corrected chi connectivity index (χ0v) is 8.26. The molecule has 0 aliphatic heterocycles. The van der Waals surface area contributed by atoms with Crippen molar-refractivity contribution in [1.29, 1.82) is 0 Å². The van der Waals surface area contributed by atoms with Gasteiger partial charge in [0.15, 0.2) is 0 Å². The molecule has 0 aliphatic carbocycles. The van der Waals surface area contributed by atoms with Gasteiger partial charge in [-0.15, -0.1) is 0 Å². The van der Waals surface area contributed by atoms with Gasteiger partial charge in [0.05, 0.1) is 12.2 Å². The molecule has 1 atom stereocenters. The Morgan fingerprint density at radius 3 is 2.00 bits per heavy atom. The molecule has 0 aromatic rings. The molecule has 0 bridgehead atoms. The topological polar surface area (TPSA) is 9.23 Å². The molecule has 11 heavy (non-hydrogen) atoms. The molecule has 0 spiro atoms. The Labute approximate surface area is 71.1 Å². The highest BCUT2D eigenvalue weighted by atomic mass is 16.5. The van der Waals surface area contributed by atoms with E-state index >= 15 is 0 Å². The van der Waals surface area contributed by atoms with Gasteiger partial charge in [0.1, 0.15) is 0 Å². The summed E-state index contributed by atoms with van der Waals surface area (Å²) in [7, 11) is 0. The fraction of sp³-hybridized carbons (Fsp3) is 0.900. The lowest BCUT2D eigenvalue weighted by Crippen LogP contribution is -2.23. The van der Waals surface area contributed by atoms with Crippen LogP contribution in [0.5, 0.6) is 0 Å². The monoisotopic (exact) mass is 157 g/mol. The molecule has 0 aromatic carbocycles. The van der Waals surface area contributed by atoms with Crippen LogP contribution in [-0.2, 0) is 4.74 Å². The highest BCUT2D eigenvalue weighted by Gasteiger charge is 2.13. The first-order valence-electron chi connectivity index (χ1n) is 4.52. The molecule has 0 saturated heterocycles. The summed E-state index contributed by atoms with van der Waals surface area (Å²) in [4.78, 5) is 0. The van der Waals surface area contributed by atoms with Crippen molar-refractivity contribution < 1.29 is 4.74 Å². The maximum Gasteiger partial charge on any atom is 0.0601 e. The van der Waals surface area contributed by atoms with Crippen molar-refractivity contribution in [3.8, 4) is 0 Å². The van der Waals surface area contributed by atoms with Gasteiger partial charge in [-0.2, -0.15) is 0 Å². The largest absolute Gasteiger partial charge is 0.375 e. The van der Waals surface area contributed by atoms with Crippen molar-refractivity contribution in [2.24, 2.45) is 5.92 Å². The van der Waals surface area contributed by atoms with Gasteiger partial charge in [0, 0.05) is 0 Å². The van der Waals surface area contributed by atoms with E-state index in [1.165, 1.54) is 0 Å². The molecular formula is C10H21O. The van der Waals surface area contributed by atoms with Crippen molar-refractivity contribution in [2.75, 3.05) is 0 Å². The molecule has 0 aliphatic rings. The van der Waals surface area contributed by atoms with Gasteiger partial charge in [0.25, 0.3) is 0 Å². The molecular weight excluding hydrogens is 136 g/mol. The van der Waals surface area contributed by atoms with Crippen molar-refractivity contribution >= 4 is 0 Å². The summed E-state index contributed by atoms with van der Waals surface area (Å²) in [6.45, 7) is 12.4. The molecule has 0 rings (SSSR count). The molecule has 1 nitrogen and oxygen atoms in total. The van der Waals surface area contributed by atoms with E-state index in [0.29, 0.717) is 18.1 Å². The number of hydrogen-bond acceptors (Lipinski definition) is 1. The average molecular weight is 157 g/mol. The molecule has 67 valence electrons. The summed E-state index contributed by atoms with van der Waals surface area (Å²) in [5.74, 6) is 0.610. The highest BCUT2D eigenvalue weighted by Crippen LogP contribution is 2.14. The van der Waals surface area contributed by atoms with Crippen LogP contribution in [0.3, 0.4) is 0 Å². The second kappa shape index (κ2) is 5.59. The Bertz CT molecular complexity index is 86.9. The van der Waals surface area contributed by atoms with Crippen LogP contribution in [0.1, 0.15) is 40.5 Å². The summed E-state index contributed by atoms with van der Waals surface area (Å²) in [6.07, 6.45) is 2.78. The molecule has 0 N–H and O–H groups in total. The Morgan fingerprint density at radius 2 is 1.73 bits per heavy atom. The molecule has 0 amide bonds. The Hall–Kier alpha value is -0.0400. The molecule has 0 aromatic heterocycles. The van der Waals surface area contributed by atoms with Gasteiger partial charge in [-0.05, 0) is 26.2 Å². The maximum absolute atomic E-state index is 5.71. The lowest BCUT2D eigenvalue weighted by molar-refractivity contribution is -0.0219. The predicted octanol–water partition coefficient (Wildman–Crippen LogP) is 3.05. The molecule has 0 fully saturated rings. The van der Waals surface area contributed by atoms with E-state index in [1.807, 2.05) is 0 Å². The number of rotatable bonds is 5. The van der Waals surface area contributed by atoms with Gasteiger partial charge < -0.3 is 4.74 Å².